The number of carbonyl (C=O) groups excluding carboxylic acids is 1. The standard InChI is InChI=1S/C15H21N3O4/c1-11-5-3-4-8-17(11)10-15(19)16-13-7-6-12(22-2)9-14(13)18(20)21/h6-7,9,11H,3-5,8,10H2,1-2H3,(H,16,19)/t11-/m1/s1. The molecular weight excluding hydrogens is 286 g/mol. The normalized spacial score (nSPS) is 18.7. The Morgan fingerprint density at radius 2 is 2.27 bits per heavy atom. The van der Waals surface area contributed by atoms with Gasteiger partial charge >= 0.3 is 0 Å². The van der Waals surface area contributed by atoms with E-state index >= 15 is 0 Å². The zero-order valence-corrected chi connectivity index (χ0v) is 12.9. The van der Waals surface area contributed by atoms with E-state index in [0.717, 1.165) is 19.4 Å². The van der Waals surface area contributed by atoms with Crippen LogP contribution in [0.25, 0.3) is 0 Å². The molecule has 0 saturated carbocycles. The first-order valence-corrected chi connectivity index (χ1v) is 7.37. The van der Waals surface area contributed by atoms with Crippen LogP contribution in [0.1, 0.15) is 26.2 Å². The van der Waals surface area contributed by atoms with Gasteiger partial charge in [0.2, 0.25) is 5.91 Å². The summed E-state index contributed by atoms with van der Waals surface area (Å²) in [5.41, 5.74) is 0.0276. The molecule has 1 aromatic carbocycles. The lowest BCUT2D eigenvalue weighted by Gasteiger charge is -2.32. The number of carbonyl (C=O) groups is 1. The van der Waals surface area contributed by atoms with Gasteiger partial charge in [-0.2, -0.15) is 0 Å². The van der Waals surface area contributed by atoms with Gasteiger partial charge in [0, 0.05) is 6.04 Å². The molecule has 1 aliphatic rings. The zero-order valence-electron chi connectivity index (χ0n) is 12.9. The largest absolute Gasteiger partial charge is 0.496 e. The molecule has 1 atom stereocenters. The maximum absolute atomic E-state index is 12.1. The number of benzene rings is 1. The molecule has 0 spiro atoms. The van der Waals surface area contributed by atoms with Crippen LogP contribution in [0.5, 0.6) is 5.75 Å². The number of nitrogens with one attached hydrogen (secondary N) is 1. The van der Waals surface area contributed by atoms with Crippen LogP contribution >= 0.6 is 0 Å². The van der Waals surface area contributed by atoms with Gasteiger partial charge in [0.25, 0.3) is 5.69 Å². The fraction of sp³-hybridized carbons (Fsp3) is 0.533. The maximum Gasteiger partial charge on any atom is 0.296 e. The molecule has 7 nitrogen and oxygen atoms in total. The summed E-state index contributed by atoms with van der Waals surface area (Å²) in [6.45, 7) is 3.24. The SMILES string of the molecule is COc1ccc(NC(=O)CN2CCCC[C@H]2C)c([N+](=O)[O-])c1. The van der Waals surface area contributed by atoms with Gasteiger partial charge in [-0.3, -0.25) is 19.8 Å². The molecule has 0 unspecified atom stereocenters. The Morgan fingerprint density at radius 1 is 1.50 bits per heavy atom. The van der Waals surface area contributed by atoms with Crippen molar-refractivity contribution in [3.05, 3.63) is 28.3 Å². The van der Waals surface area contributed by atoms with Crippen molar-refractivity contribution >= 4 is 17.3 Å². The van der Waals surface area contributed by atoms with Crippen LogP contribution in [0.4, 0.5) is 11.4 Å². The van der Waals surface area contributed by atoms with E-state index in [2.05, 4.69) is 17.1 Å². The van der Waals surface area contributed by atoms with Crippen LogP contribution in [0, 0.1) is 10.1 Å². The monoisotopic (exact) mass is 307 g/mol. The Morgan fingerprint density at radius 3 is 2.91 bits per heavy atom. The Balaban J connectivity index is 2.06. The molecule has 1 aromatic rings. The van der Waals surface area contributed by atoms with Gasteiger partial charge in [0.15, 0.2) is 0 Å². The number of nitrogens with zero attached hydrogens (tertiary/aromatic N) is 2. The number of likely N-dealkylation sites (tertiary alicyclic amines) is 1. The van der Waals surface area contributed by atoms with Crippen LogP contribution in [-0.4, -0.2) is 42.0 Å². The number of amides is 1. The Bertz CT molecular complexity index is 562. The first-order chi connectivity index (χ1) is 10.5. The highest BCUT2D eigenvalue weighted by molar-refractivity contribution is 5.94. The summed E-state index contributed by atoms with van der Waals surface area (Å²) in [4.78, 5) is 24.8. The Hall–Kier alpha value is -2.15. The second-order valence-electron chi connectivity index (χ2n) is 5.50. The highest BCUT2D eigenvalue weighted by Crippen LogP contribution is 2.29. The number of hydrogen-bond acceptors (Lipinski definition) is 5. The summed E-state index contributed by atoms with van der Waals surface area (Å²) >= 11 is 0. The predicted molar refractivity (Wildman–Crippen MR) is 83.2 cm³/mol. The van der Waals surface area contributed by atoms with Gasteiger partial charge in [0.05, 0.1) is 24.6 Å². The molecule has 1 heterocycles. The van der Waals surface area contributed by atoms with E-state index < -0.39 is 4.92 Å². The van der Waals surface area contributed by atoms with E-state index in [1.807, 2.05) is 0 Å². The lowest BCUT2D eigenvalue weighted by molar-refractivity contribution is -0.384. The summed E-state index contributed by atoms with van der Waals surface area (Å²) in [6.07, 6.45) is 3.35. The van der Waals surface area contributed by atoms with Crippen LogP contribution in [0.2, 0.25) is 0 Å². The molecule has 0 radical (unpaired) electrons. The van der Waals surface area contributed by atoms with Gasteiger partial charge in [0.1, 0.15) is 11.4 Å². The lowest BCUT2D eigenvalue weighted by Crippen LogP contribution is -2.42. The smallest absolute Gasteiger partial charge is 0.296 e. The van der Waals surface area contributed by atoms with Crippen molar-refractivity contribution in [3.8, 4) is 5.75 Å². The van der Waals surface area contributed by atoms with Gasteiger partial charge < -0.3 is 10.1 Å². The average Bonchev–Trinajstić information content (AvgIpc) is 2.49. The number of nitro benzene ring substituents is 1. The third-order valence-corrected chi connectivity index (χ3v) is 3.96. The van der Waals surface area contributed by atoms with Gasteiger partial charge in [-0.1, -0.05) is 6.42 Å². The molecule has 1 saturated heterocycles. The van der Waals surface area contributed by atoms with E-state index in [9.17, 15) is 14.9 Å². The molecule has 0 aliphatic carbocycles. The van der Waals surface area contributed by atoms with E-state index in [1.54, 1.807) is 6.07 Å². The first kappa shape index (κ1) is 16.2. The molecule has 1 fully saturated rings. The fourth-order valence-corrected chi connectivity index (χ4v) is 2.66. The molecule has 120 valence electrons. The first-order valence-electron chi connectivity index (χ1n) is 7.37. The maximum atomic E-state index is 12.1. The fourth-order valence-electron chi connectivity index (χ4n) is 2.66. The van der Waals surface area contributed by atoms with Crippen molar-refractivity contribution in [2.45, 2.75) is 32.2 Å². The van der Waals surface area contributed by atoms with Crippen molar-refractivity contribution in [2.24, 2.45) is 0 Å². The van der Waals surface area contributed by atoms with Crippen LogP contribution in [0.15, 0.2) is 18.2 Å². The molecule has 2 rings (SSSR count). The molecule has 22 heavy (non-hydrogen) atoms. The average molecular weight is 307 g/mol. The third-order valence-electron chi connectivity index (χ3n) is 3.96. The molecule has 0 aromatic heterocycles. The number of hydrogen-bond donors (Lipinski definition) is 1. The van der Waals surface area contributed by atoms with Gasteiger partial charge in [-0.15, -0.1) is 0 Å². The Kier molecular flexibility index (Phi) is 5.32. The van der Waals surface area contributed by atoms with E-state index in [0.29, 0.717) is 11.8 Å². The zero-order chi connectivity index (χ0) is 16.1. The molecule has 7 heteroatoms. The minimum Gasteiger partial charge on any atom is -0.496 e. The molecule has 1 N–H and O–H groups in total. The highest BCUT2D eigenvalue weighted by Gasteiger charge is 2.22. The lowest BCUT2D eigenvalue weighted by atomic mass is 10.0. The predicted octanol–water partition coefficient (Wildman–Crippen LogP) is 2.42. The van der Waals surface area contributed by atoms with E-state index in [-0.39, 0.29) is 23.8 Å². The summed E-state index contributed by atoms with van der Waals surface area (Å²) < 4.78 is 4.98. The quantitative estimate of drug-likeness (QED) is 0.667. The Labute approximate surface area is 129 Å². The van der Waals surface area contributed by atoms with Crippen molar-refractivity contribution in [2.75, 3.05) is 25.5 Å². The topological polar surface area (TPSA) is 84.7 Å². The highest BCUT2D eigenvalue weighted by atomic mass is 16.6. The number of methoxy groups -OCH3 is 1. The van der Waals surface area contributed by atoms with Gasteiger partial charge in [-0.05, 0) is 38.4 Å². The van der Waals surface area contributed by atoms with Crippen LogP contribution in [0.3, 0.4) is 0 Å². The molecule has 1 aliphatic heterocycles. The van der Waals surface area contributed by atoms with Crippen molar-refractivity contribution in [1.82, 2.24) is 4.90 Å². The number of nitro groups is 1. The van der Waals surface area contributed by atoms with E-state index in [4.69, 9.17) is 4.74 Å². The number of ether oxygens (including phenoxy) is 1. The van der Waals surface area contributed by atoms with Crippen LogP contribution < -0.4 is 10.1 Å². The second-order valence-corrected chi connectivity index (χ2v) is 5.50. The van der Waals surface area contributed by atoms with Crippen LogP contribution in [-0.2, 0) is 4.79 Å². The molecule has 1 amide bonds. The van der Waals surface area contributed by atoms with Crippen molar-refractivity contribution < 1.29 is 14.5 Å². The number of piperidine rings is 1. The number of anilines is 1. The van der Waals surface area contributed by atoms with Crippen molar-refractivity contribution in [1.29, 1.82) is 0 Å². The third kappa shape index (κ3) is 3.94. The molecular formula is C15H21N3O4. The van der Waals surface area contributed by atoms with Gasteiger partial charge in [-0.25, -0.2) is 0 Å². The molecule has 0 bridgehead atoms. The summed E-state index contributed by atoms with van der Waals surface area (Å²) in [5.74, 6) is 0.149. The minimum atomic E-state index is -0.526. The minimum absolute atomic E-state index is 0.167. The second kappa shape index (κ2) is 7.22. The summed E-state index contributed by atoms with van der Waals surface area (Å²) in [5, 5.41) is 13.7. The van der Waals surface area contributed by atoms with Crippen molar-refractivity contribution in [3.63, 3.8) is 0 Å². The number of rotatable bonds is 5. The summed E-state index contributed by atoms with van der Waals surface area (Å²) in [7, 11) is 1.44. The summed E-state index contributed by atoms with van der Waals surface area (Å²) in [6, 6.07) is 4.75. The van der Waals surface area contributed by atoms with E-state index in [1.165, 1.54) is 25.7 Å².